The lowest BCUT2D eigenvalue weighted by Gasteiger charge is -2.14. The second-order valence-corrected chi connectivity index (χ2v) is 4.46. The summed E-state index contributed by atoms with van der Waals surface area (Å²) >= 11 is 0. The van der Waals surface area contributed by atoms with Crippen LogP contribution in [0.2, 0.25) is 0 Å². The molecule has 0 amide bonds. The first kappa shape index (κ1) is 12.4. The topological polar surface area (TPSA) is 66.1 Å². The summed E-state index contributed by atoms with van der Waals surface area (Å²) in [5.41, 5.74) is -0.341. The first-order valence-corrected chi connectivity index (χ1v) is 5.83. The summed E-state index contributed by atoms with van der Waals surface area (Å²) in [7, 11) is 1.57. The van der Waals surface area contributed by atoms with Gasteiger partial charge in [-0.1, -0.05) is 0 Å². The molecule has 0 N–H and O–H groups in total. The third-order valence-electron chi connectivity index (χ3n) is 2.92. The molecule has 1 aliphatic carbocycles. The third kappa shape index (κ3) is 2.80. The van der Waals surface area contributed by atoms with E-state index in [2.05, 4.69) is 11.0 Å². The predicted molar refractivity (Wildman–Crippen MR) is 63.5 cm³/mol. The van der Waals surface area contributed by atoms with Gasteiger partial charge in [-0.25, -0.2) is 9.48 Å². The predicted octanol–water partition coefficient (Wildman–Crippen LogP) is -0.0731. The number of aryl methyl sites for hydroxylation is 1. The minimum absolute atomic E-state index is 0.173. The summed E-state index contributed by atoms with van der Waals surface area (Å²) < 4.78 is 7.66. The van der Waals surface area contributed by atoms with Gasteiger partial charge in [0.25, 0.3) is 0 Å². The summed E-state index contributed by atoms with van der Waals surface area (Å²) in [4.78, 5) is 23.2. The van der Waals surface area contributed by atoms with Crippen molar-refractivity contribution in [1.82, 2.24) is 14.3 Å². The largest absolute Gasteiger partial charge is 0.460 e. The summed E-state index contributed by atoms with van der Waals surface area (Å²) in [5.74, 6) is 2.42. The molecule has 0 aromatic carbocycles. The van der Waals surface area contributed by atoms with Crippen LogP contribution in [0.1, 0.15) is 19.3 Å². The zero-order chi connectivity index (χ0) is 13.1. The number of rotatable bonds is 5. The van der Waals surface area contributed by atoms with Crippen molar-refractivity contribution in [2.45, 2.75) is 31.9 Å². The molecule has 0 unspecified atom stereocenters. The van der Waals surface area contributed by atoms with E-state index in [1.807, 2.05) is 0 Å². The van der Waals surface area contributed by atoms with Crippen LogP contribution < -0.4 is 5.69 Å². The van der Waals surface area contributed by atoms with E-state index in [1.165, 1.54) is 10.9 Å². The Hall–Kier alpha value is -2.03. The third-order valence-corrected chi connectivity index (χ3v) is 2.92. The van der Waals surface area contributed by atoms with Gasteiger partial charge in [-0.15, -0.1) is 12.3 Å². The first-order valence-electron chi connectivity index (χ1n) is 5.83. The van der Waals surface area contributed by atoms with E-state index in [0.29, 0.717) is 12.3 Å². The molecule has 2 rings (SSSR count). The van der Waals surface area contributed by atoms with Crippen LogP contribution in [-0.4, -0.2) is 26.4 Å². The minimum atomic E-state index is -0.469. The molecule has 0 saturated heterocycles. The van der Waals surface area contributed by atoms with Gasteiger partial charge < -0.3 is 4.74 Å². The smallest absolute Gasteiger partial charge is 0.345 e. The van der Waals surface area contributed by atoms with E-state index < -0.39 is 5.97 Å². The molecule has 96 valence electrons. The van der Waals surface area contributed by atoms with E-state index >= 15 is 0 Å². The highest BCUT2D eigenvalue weighted by Crippen LogP contribution is 2.35. The van der Waals surface area contributed by atoms with Gasteiger partial charge in [0, 0.05) is 13.5 Å². The average Bonchev–Trinajstić information content (AvgIpc) is 3.12. The van der Waals surface area contributed by atoms with Gasteiger partial charge in [0.1, 0.15) is 19.0 Å². The molecule has 1 heterocycles. The Balaban J connectivity index is 1.94. The van der Waals surface area contributed by atoms with Gasteiger partial charge in [0.15, 0.2) is 0 Å². The van der Waals surface area contributed by atoms with E-state index in [-0.39, 0.29) is 18.3 Å². The Morgan fingerprint density at radius 3 is 2.94 bits per heavy atom. The lowest BCUT2D eigenvalue weighted by atomic mass is 10.2. The molecule has 1 fully saturated rings. The Morgan fingerprint density at radius 2 is 2.44 bits per heavy atom. The van der Waals surface area contributed by atoms with Gasteiger partial charge in [0.2, 0.25) is 0 Å². The molecule has 0 spiro atoms. The van der Waals surface area contributed by atoms with Crippen LogP contribution in [0.3, 0.4) is 0 Å². The lowest BCUT2D eigenvalue weighted by molar-refractivity contribution is -0.150. The fourth-order valence-corrected chi connectivity index (χ4v) is 1.75. The molecule has 6 heteroatoms. The summed E-state index contributed by atoms with van der Waals surface area (Å²) in [6, 6.07) is 0. The molecular weight excluding hydrogens is 234 g/mol. The number of aromatic nitrogens is 3. The molecule has 1 atom stereocenters. The zero-order valence-corrected chi connectivity index (χ0v) is 10.2. The maximum atomic E-state index is 11.7. The number of terminal acetylenes is 1. The van der Waals surface area contributed by atoms with Crippen molar-refractivity contribution in [3.63, 3.8) is 0 Å². The molecule has 0 aliphatic heterocycles. The van der Waals surface area contributed by atoms with Crippen molar-refractivity contribution in [3.05, 3.63) is 16.8 Å². The second-order valence-electron chi connectivity index (χ2n) is 4.46. The van der Waals surface area contributed by atoms with Crippen molar-refractivity contribution in [3.8, 4) is 12.3 Å². The summed E-state index contributed by atoms with van der Waals surface area (Å²) in [6.45, 7) is -0.173. The number of carbonyl (C=O) groups is 1. The van der Waals surface area contributed by atoms with Crippen LogP contribution >= 0.6 is 0 Å². The van der Waals surface area contributed by atoms with Gasteiger partial charge in [0.05, 0.1) is 0 Å². The normalized spacial score (nSPS) is 16.0. The van der Waals surface area contributed by atoms with Crippen LogP contribution in [0.5, 0.6) is 0 Å². The standard InChI is InChI=1S/C12H15N3O3/c1-3-4-10(9-5-6-9)18-11(16)7-15-12(17)14(2)8-13-15/h1,8-10H,4-7H2,2H3/t10-/m1/s1. The summed E-state index contributed by atoms with van der Waals surface area (Å²) in [6.07, 6.45) is 8.89. The molecule has 1 aromatic rings. The Morgan fingerprint density at radius 1 is 1.72 bits per heavy atom. The monoisotopic (exact) mass is 249 g/mol. The first-order chi connectivity index (χ1) is 8.61. The second kappa shape index (κ2) is 5.08. The fraction of sp³-hybridized carbons (Fsp3) is 0.583. The zero-order valence-electron chi connectivity index (χ0n) is 10.2. The molecular formula is C12H15N3O3. The Kier molecular flexibility index (Phi) is 3.51. The van der Waals surface area contributed by atoms with Crippen molar-refractivity contribution < 1.29 is 9.53 Å². The van der Waals surface area contributed by atoms with E-state index in [1.54, 1.807) is 7.05 Å². The molecule has 1 aliphatic rings. The molecule has 0 radical (unpaired) electrons. The highest BCUT2D eigenvalue weighted by Gasteiger charge is 2.33. The highest BCUT2D eigenvalue weighted by atomic mass is 16.5. The number of ether oxygens (including phenoxy) is 1. The van der Waals surface area contributed by atoms with Gasteiger partial charge in [-0.05, 0) is 18.8 Å². The number of esters is 1. The number of hydrogen-bond donors (Lipinski definition) is 0. The summed E-state index contributed by atoms with van der Waals surface area (Å²) in [5, 5.41) is 3.80. The number of nitrogens with zero attached hydrogens (tertiary/aromatic N) is 3. The maximum Gasteiger partial charge on any atom is 0.345 e. The van der Waals surface area contributed by atoms with Crippen molar-refractivity contribution in [1.29, 1.82) is 0 Å². The van der Waals surface area contributed by atoms with Crippen molar-refractivity contribution in [2.75, 3.05) is 0 Å². The van der Waals surface area contributed by atoms with Crippen molar-refractivity contribution in [2.24, 2.45) is 13.0 Å². The van der Waals surface area contributed by atoms with E-state index in [4.69, 9.17) is 11.2 Å². The highest BCUT2D eigenvalue weighted by molar-refractivity contribution is 5.69. The molecule has 0 bridgehead atoms. The number of carbonyl (C=O) groups excluding carboxylic acids is 1. The molecule has 6 nitrogen and oxygen atoms in total. The Labute approximate surface area is 105 Å². The van der Waals surface area contributed by atoms with E-state index in [0.717, 1.165) is 17.5 Å². The molecule has 1 aromatic heterocycles. The van der Waals surface area contributed by atoms with Crippen LogP contribution in [0.25, 0.3) is 0 Å². The number of hydrogen-bond acceptors (Lipinski definition) is 4. The van der Waals surface area contributed by atoms with Crippen LogP contribution in [0.4, 0.5) is 0 Å². The molecule has 18 heavy (non-hydrogen) atoms. The van der Waals surface area contributed by atoms with Crippen LogP contribution in [0, 0.1) is 18.3 Å². The maximum absolute atomic E-state index is 11.7. The minimum Gasteiger partial charge on any atom is -0.460 e. The SMILES string of the molecule is C#CC[C@@H](OC(=O)Cn1ncn(C)c1=O)C1CC1. The quantitative estimate of drug-likeness (QED) is 0.541. The average molecular weight is 249 g/mol. The lowest BCUT2D eigenvalue weighted by Crippen LogP contribution is -2.29. The molecule has 1 saturated carbocycles. The van der Waals surface area contributed by atoms with Crippen LogP contribution in [-0.2, 0) is 23.1 Å². The van der Waals surface area contributed by atoms with E-state index in [9.17, 15) is 9.59 Å². The van der Waals surface area contributed by atoms with Crippen molar-refractivity contribution >= 4 is 5.97 Å². The Bertz CT molecular complexity index is 533. The van der Waals surface area contributed by atoms with Gasteiger partial charge in [-0.2, -0.15) is 5.10 Å². The fourth-order valence-electron chi connectivity index (χ4n) is 1.75. The van der Waals surface area contributed by atoms with Gasteiger partial charge >= 0.3 is 11.7 Å². The van der Waals surface area contributed by atoms with Gasteiger partial charge in [-0.3, -0.25) is 9.36 Å². The van der Waals surface area contributed by atoms with Crippen LogP contribution in [0.15, 0.2) is 11.1 Å².